The third kappa shape index (κ3) is 5.59. The maximum absolute atomic E-state index is 9.56. The highest BCUT2D eigenvalue weighted by Gasteiger charge is 2.25. The Labute approximate surface area is 204 Å². The summed E-state index contributed by atoms with van der Waals surface area (Å²) in [5.41, 5.74) is 5.60. The van der Waals surface area contributed by atoms with E-state index in [1.807, 2.05) is 50.2 Å². The van der Waals surface area contributed by atoms with E-state index in [2.05, 4.69) is 48.0 Å². The predicted molar refractivity (Wildman–Crippen MR) is 139 cm³/mol. The minimum Gasteiger partial charge on any atom is -0.490 e. The van der Waals surface area contributed by atoms with E-state index >= 15 is 0 Å². The van der Waals surface area contributed by atoms with E-state index in [1.165, 1.54) is 21.6 Å². The normalized spacial score (nSPS) is 15.1. The van der Waals surface area contributed by atoms with Crippen molar-refractivity contribution in [2.75, 3.05) is 26.4 Å². The van der Waals surface area contributed by atoms with Crippen LogP contribution in [0.25, 0.3) is 21.0 Å². The number of nitrogens with one attached hydrogen (secondary N) is 1. The zero-order chi connectivity index (χ0) is 23.4. The molecule has 1 aliphatic rings. The molecule has 0 spiro atoms. The first-order valence-corrected chi connectivity index (χ1v) is 13.1. The number of fused-ring (bicyclic) bond motifs is 1. The van der Waals surface area contributed by atoms with Gasteiger partial charge in [-0.3, -0.25) is 4.72 Å². The Bertz CT molecular complexity index is 1150. The van der Waals surface area contributed by atoms with Crippen LogP contribution >= 0.6 is 23.3 Å². The van der Waals surface area contributed by atoms with Gasteiger partial charge >= 0.3 is 0 Å². The molecule has 0 saturated heterocycles. The Balaban J connectivity index is 1.54. The van der Waals surface area contributed by atoms with Crippen LogP contribution in [0.15, 0.2) is 42.6 Å². The van der Waals surface area contributed by atoms with Crippen LogP contribution in [0, 0.1) is 11.3 Å². The van der Waals surface area contributed by atoms with E-state index in [1.54, 1.807) is 11.3 Å². The van der Waals surface area contributed by atoms with E-state index in [4.69, 9.17) is 9.72 Å². The highest BCUT2D eigenvalue weighted by atomic mass is 32.2. The Morgan fingerprint density at radius 3 is 2.91 bits per heavy atom. The number of benzene rings is 2. The summed E-state index contributed by atoms with van der Waals surface area (Å²) in [5.74, 6) is 1.69. The number of aromatic nitrogens is 1. The van der Waals surface area contributed by atoms with Crippen LogP contribution in [0.2, 0.25) is 0 Å². The second-order valence-electron chi connectivity index (χ2n) is 8.75. The topological polar surface area (TPSA) is 61.2 Å². The van der Waals surface area contributed by atoms with E-state index in [0.717, 1.165) is 35.7 Å². The molecule has 7 heteroatoms. The van der Waals surface area contributed by atoms with Crippen molar-refractivity contribution in [3.05, 3.63) is 59.3 Å². The monoisotopic (exact) mass is 478 g/mol. The molecular weight excluding hydrogens is 448 g/mol. The molecule has 0 radical (unpaired) electrons. The fourth-order valence-corrected chi connectivity index (χ4v) is 6.02. The van der Waals surface area contributed by atoms with E-state index in [0.29, 0.717) is 17.4 Å². The van der Waals surface area contributed by atoms with Crippen LogP contribution in [0.5, 0.6) is 5.75 Å². The van der Waals surface area contributed by atoms with Crippen molar-refractivity contribution >= 4 is 23.3 Å². The second kappa shape index (κ2) is 10.7. The highest BCUT2D eigenvalue weighted by Crippen LogP contribution is 2.41. The average molecular weight is 479 g/mol. The largest absolute Gasteiger partial charge is 0.490 e. The predicted octanol–water partition coefficient (Wildman–Crippen LogP) is 5.92. The standard InChI is InChI=1S/C26H30N4OS2/c1-17(2)31-24-11-8-18(14-19(24)15-27)26-28-16-25(33-26)22-7-5-6-21-20(22)9-10-23(21)29-32-13-12-30(3)4/h5-8,11,14,16-17,23,29H,9-10,12-13H2,1-4H3. The molecule has 3 aromatic rings. The summed E-state index contributed by atoms with van der Waals surface area (Å²) in [4.78, 5) is 8.07. The first-order chi connectivity index (χ1) is 16.0. The fraction of sp³-hybridized carbons (Fsp3) is 0.385. The Hall–Kier alpha value is -2.37. The molecule has 1 atom stereocenters. The molecule has 1 unspecified atom stereocenters. The molecule has 0 saturated carbocycles. The van der Waals surface area contributed by atoms with Gasteiger partial charge in [0.25, 0.3) is 0 Å². The quantitative estimate of drug-likeness (QED) is 0.304. The summed E-state index contributed by atoms with van der Waals surface area (Å²) in [6.45, 7) is 4.99. The average Bonchev–Trinajstić information content (AvgIpc) is 3.44. The van der Waals surface area contributed by atoms with Gasteiger partial charge in [0.05, 0.1) is 16.5 Å². The molecular formula is C26H30N4OS2. The molecule has 2 aromatic carbocycles. The van der Waals surface area contributed by atoms with Gasteiger partial charge in [-0.1, -0.05) is 30.1 Å². The zero-order valence-electron chi connectivity index (χ0n) is 19.6. The number of ether oxygens (including phenoxy) is 1. The van der Waals surface area contributed by atoms with Crippen molar-refractivity contribution in [1.82, 2.24) is 14.6 Å². The lowest BCUT2D eigenvalue weighted by atomic mass is 10.0. The van der Waals surface area contributed by atoms with E-state index in [-0.39, 0.29) is 6.10 Å². The molecule has 33 heavy (non-hydrogen) atoms. The van der Waals surface area contributed by atoms with Crippen molar-refractivity contribution in [2.24, 2.45) is 0 Å². The minimum absolute atomic E-state index is 0.0271. The van der Waals surface area contributed by atoms with Crippen LogP contribution in [-0.2, 0) is 6.42 Å². The van der Waals surface area contributed by atoms with Crippen molar-refractivity contribution < 1.29 is 4.74 Å². The van der Waals surface area contributed by atoms with E-state index < -0.39 is 0 Å². The van der Waals surface area contributed by atoms with Gasteiger partial charge in [-0.25, -0.2) is 4.98 Å². The summed E-state index contributed by atoms with van der Waals surface area (Å²) in [6.07, 6.45) is 4.19. The maximum atomic E-state index is 9.56. The molecule has 0 fully saturated rings. The summed E-state index contributed by atoms with van der Waals surface area (Å²) < 4.78 is 9.43. The zero-order valence-corrected chi connectivity index (χ0v) is 21.2. The van der Waals surface area contributed by atoms with Crippen LogP contribution in [-0.4, -0.2) is 42.4 Å². The van der Waals surface area contributed by atoms with Gasteiger partial charge in [0.15, 0.2) is 0 Å². The number of hydrogen-bond donors (Lipinski definition) is 1. The molecule has 1 N–H and O–H groups in total. The summed E-state index contributed by atoms with van der Waals surface area (Å²) in [5, 5.41) is 10.5. The summed E-state index contributed by atoms with van der Waals surface area (Å²) in [7, 11) is 4.21. The second-order valence-corrected chi connectivity index (χ2v) is 10.7. The van der Waals surface area contributed by atoms with Crippen molar-refractivity contribution in [3.63, 3.8) is 0 Å². The van der Waals surface area contributed by atoms with Gasteiger partial charge in [-0.15, -0.1) is 11.3 Å². The van der Waals surface area contributed by atoms with E-state index in [9.17, 15) is 5.26 Å². The molecule has 4 rings (SSSR count). The summed E-state index contributed by atoms with van der Waals surface area (Å²) >= 11 is 3.49. The number of nitrogens with zero attached hydrogens (tertiary/aromatic N) is 3. The van der Waals surface area contributed by atoms with Crippen molar-refractivity contribution in [3.8, 4) is 32.8 Å². The Morgan fingerprint density at radius 2 is 2.15 bits per heavy atom. The van der Waals surface area contributed by atoms with Crippen LogP contribution in [0.4, 0.5) is 0 Å². The molecule has 1 aromatic heterocycles. The highest BCUT2D eigenvalue weighted by molar-refractivity contribution is 7.97. The van der Waals surface area contributed by atoms with Gasteiger partial charge in [0.2, 0.25) is 0 Å². The number of hydrogen-bond acceptors (Lipinski definition) is 7. The Morgan fingerprint density at radius 1 is 1.30 bits per heavy atom. The molecule has 1 aliphatic carbocycles. The third-order valence-corrected chi connectivity index (χ3v) is 7.54. The smallest absolute Gasteiger partial charge is 0.137 e. The lowest BCUT2D eigenvalue weighted by Crippen LogP contribution is -2.18. The van der Waals surface area contributed by atoms with Crippen molar-refractivity contribution in [2.45, 2.75) is 38.8 Å². The molecule has 172 valence electrons. The van der Waals surface area contributed by atoms with Gasteiger partial charge in [-0.05, 0) is 75.7 Å². The lowest BCUT2D eigenvalue weighted by Gasteiger charge is -2.15. The first-order valence-electron chi connectivity index (χ1n) is 11.3. The Kier molecular flexibility index (Phi) is 7.71. The minimum atomic E-state index is 0.0271. The van der Waals surface area contributed by atoms with Crippen LogP contribution in [0.3, 0.4) is 0 Å². The fourth-order valence-electron chi connectivity index (χ4n) is 4.03. The number of thiazole rings is 1. The van der Waals surface area contributed by atoms with Gasteiger partial charge in [0.1, 0.15) is 16.8 Å². The van der Waals surface area contributed by atoms with Crippen molar-refractivity contribution in [1.29, 1.82) is 5.26 Å². The van der Waals surface area contributed by atoms with Gasteiger partial charge in [0, 0.05) is 30.1 Å². The SMILES string of the molecule is CC(C)Oc1ccc(-c2ncc(-c3cccc4c3CCC4NSCCN(C)C)s2)cc1C#N. The molecule has 0 aliphatic heterocycles. The first kappa shape index (κ1) is 23.8. The number of rotatable bonds is 9. The number of nitriles is 1. The molecule has 5 nitrogen and oxygen atoms in total. The third-order valence-electron chi connectivity index (χ3n) is 5.62. The molecule has 0 bridgehead atoms. The van der Waals surface area contributed by atoms with Crippen LogP contribution in [0.1, 0.15) is 43.0 Å². The molecule has 1 heterocycles. The van der Waals surface area contributed by atoms with Crippen LogP contribution < -0.4 is 9.46 Å². The molecule has 0 amide bonds. The summed E-state index contributed by atoms with van der Waals surface area (Å²) in [6, 6.07) is 15.0. The maximum Gasteiger partial charge on any atom is 0.137 e. The lowest BCUT2D eigenvalue weighted by molar-refractivity contribution is 0.242. The van der Waals surface area contributed by atoms with Gasteiger partial charge < -0.3 is 9.64 Å². The van der Waals surface area contributed by atoms with Gasteiger partial charge in [-0.2, -0.15) is 5.26 Å².